The highest BCUT2D eigenvalue weighted by molar-refractivity contribution is 6.07. The van der Waals surface area contributed by atoms with Crippen molar-refractivity contribution < 1.29 is 14.7 Å². The zero-order valence-corrected chi connectivity index (χ0v) is 4.63. The summed E-state index contributed by atoms with van der Waals surface area (Å²) in [6, 6.07) is 0. The van der Waals surface area contributed by atoms with Crippen LogP contribution in [-0.2, 0) is 9.59 Å². The van der Waals surface area contributed by atoms with Crippen LogP contribution in [0.25, 0.3) is 0 Å². The molecule has 51 valence electrons. The number of amides is 2. The molecule has 2 amide bonds. The molecule has 0 rings (SSSR count). The fourth-order valence-electron chi connectivity index (χ4n) is 0.121. The number of hydrogen-bond donors (Lipinski definition) is 3. The zero-order chi connectivity index (χ0) is 7.65. The molecule has 9 heavy (non-hydrogen) atoms. The molecule has 0 fully saturated rings. The predicted molar refractivity (Wildman–Crippen MR) is 28.7 cm³/mol. The lowest BCUT2D eigenvalue weighted by molar-refractivity contribution is -0.144. The van der Waals surface area contributed by atoms with Crippen LogP contribution in [-0.4, -0.2) is 22.5 Å². The Balaban J connectivity index is 4.38. The maximum atomic E-state index is 10.1. The van der Waals surface area contributed by atoms with Crippen molar-refractivity contribution in [3.63, 3.8) is 0 Å². The molecule has 0 atom stereocenters. The molecule has 0 aliphatic carbocycles. The number of carbonyl (C=O) groups excluding carboxylic acids is 2. The Bertz CT molecular complexity index is 136. The summed E-state index contributed by atoms with van der Waals surface area (Å²) in [5.74, 6) is -2.51. The van der Waals surface area contributed by atoms with Gasteiger partial charge in [-0.2, -0.15) is 0 Å². The van der Waals surface area contributed by atoms with Crippen molar-refractivity contribution in [3.8, 4) is 0 Å². The van der Waals surface area contributed by atoms with Crippen molar-refractivity contribution in [2.75, 3.05) is 0 Å². The maximum Gasteiger partial charge on any atom is 0.259 e. The van der Waals surface area contributed by atoms with Gasteiger partial charge < -0.3 is 16.6 Å². The molecule has 0 aliphatic rings. The second-order valence-corrected chi connectivity index (χ2v) is 1.59. The first-order valence-corrected chi connectivity index (χ1v) is 2.06. The summed E-state index contributed by atoms with van der Waals surface area (Å²) in [6.07, 6.45) is 0. The Morgan fingerprint density at radius 2 is 1.56 bits per heavy atom. The predicted octanol–water partition coefficient (Wildman–Crippen LogP) is -2.48. The lowest BCUT2D eigenvalue weighted by atomic mass is 10.1. The van der Waals surface area contributed by atoms with Gasteiger partial charge in [0.05, 0.1) is 0 Å². The average molecular weight is 131 g/mol. The van der Waals surface area contributed by atoms with Crippen LogP contribution < -0.4 is 11.5 Å². The van der Waals surface area contributed by atoms with Gasteiger partial charge in [0.2, 0.25) is 5.60 Å². The summed E-state index contributed by atoms with van der Waals surface area (Å²) < 4.78 is 0. The Hall–Kier alpha value is -1.10. The molecule has 5 N–H and O–H groups in total. The number of aliphatic hydroxyl groups is 1. The van der Waals surface area contributed by atoms with E-state index in [1.807, 2.05) is 0 Å². The molecule has 5 heteroatoms. The number of primary amides is 2. The fourth-order valence-corrected chi connectivity index (χ4v) is 0.121. The summed E-state index contributed by atoms with van der Waals surface area (Å²) in [5, 5.41) is 8.61. The van der Waals surface area contributed by atoms with Crippen LogP contribution in [0.4, 0.5) is 0 Å². The quantitative estimate of drug-likeness (QED) is 0.361. The first kappa shape index (κ1) is 7.90. The van der Waals surface area contributed by atoms with Crippen molar-refractivity contribution in [2.45, 2.75) is 5.60 Å². The molecule has 0 aliphatic heterocycles. The average Bonchev–Trinajstić information content (AvgIpc) is 1.65. The normalized spacial score (nSPS) is 10.9. The summed E-state index contributed by atoms with van der Waals surface area (Å²) >= 11 is 0. The molecule has 5 nitrogen and oxygen atoms in total. The Morgan fingerprint density at radius 3 is 1.56 bits per heavy atom. The van der Waals surface area contributed by atoms with Crippen molar-refractivity contribution in [2.24, 2.45) is 11.5 Å². The molecule has 0 saturated carbocycles. The van der Waals surface area contributed by atoms with Gasteiger partial charge in [-0.25, -0.2) is 0 Å². The van der Waals surface area contributed by atoms with E-state index in [0.29, 0.717) is 0 Å². The minimum Gasteiger partial charge on any atom is -0.372 e. The third-order valence-electron chi connectivity index (χ3n) is 0.815. The van der Waals surface area contributed by atoms with Gasteiger partial charge in [0.1, 0.15) is 0 Å². The summed E-state index contributed by atoms with van der Waals surface area (Å²) in [5.41, 5.74) is 6.57. The molecular formula is C4H7N2O3. The van der Waals surface area contributed by atoms with E-state index in [1.54, 1.807) is 0 Å². The van der Waals surface area contributed by atoms with Gasteiger partial charge in [0.15, 0.2) is 0 Å². The van der Waals surface area contributed by atoms with Crippen LogP contribution in [0.3, 0.4) is 0 Å². The standard InChI is InChI=1S/C4H7N2O3/c1-4(9,2(5)7)3(6)8/h9H,1H2,(H2,5,7)(H2,6,8). The number of carbonyl (C=O) groups is 2. The van der Waals surface area contributed by atoms with E-state index in [-0.39, 0.29) is 0 Å². The third-order valence-corrected chi connectivity index (χ3v) is 0.815. The Labute approximate surface area is 51.6 Å². The van der Waals surface area contributed by atoms with Crippen molar-refractivity contribution in [1.82, 2.24) is 0 Å². The second kappa shape index (κ2) is 2.02. The molecule has 0 saturated heterocycles. The fraction of sp³-hybridized carbons (Fsp3) is 0.250. The van der Waals surface area contributed by atoms with Gasteiger partial charge in [-0.1, -0.05) is 0 Å². The highest BCUT2D eigenvalue weighted by atomic mass is 16.3. The minimum absolute atomic E-state index is 1.25. The number of rotatable bonds is 2. The van der Waals surface area contributed by atoms with Gasteiger partial charge in [-0.15, -0.1) is 0 Å². The summed E-state index contributed by atoms with van der Waals surface area (Å²) in [7, 11) is 0. The van der Waals surface area contributed by atoms with E-state index in [1.165, 1.54) is 0 Å². The molecule has 1 radical (unpaired) electrons. The van der Waals surface area contributed by atoms with Crippen LogP contribution in [0.5, 0.6) is 0 Å². The van der Waals surface area contributed by atoms with E-state index >= 15 is 0 Å². The lowest BCUT2D eigenvalue weighted by Crippen LogP contribution is -2.51. The zero-order valence-electron chi connectivity index (χ0n) is 4.63. The molecule has 0 aromatic rings. The van der Waals surface area contributed by atoms with Crippen LogP contribution >= 0.6 is 0 Å². The molecule has 0 aromatic heterocycles. The van der Waals surface area contributed by atoms with E-state index in [2.05, 4.69) is 18.4 Å². The Morgan fingerprint density at radius 1 is 1.33 bits per heavy atom. The van der Waals surface area contributed by atoms with Crippen LogP contribution in [0.15, 0.2) is 0 Å². The molecule has 0 bridgehead atoms. The van der Waals surface area contributed by atoms with Crippen molar-refractivity contribution in [3.05, 3.63) is 6.92 Å². The molecule has 0 aromatic carbocycles. The third kappa shape index (κ3) is 1.39. The molecule has 0 spiro atoms. The van der Waals surface area contributed by atoms with Gasteiger partial charge in [0, 0.05) is 0 Å². The largest absolute Gasteiger partial charge is 0.372 e. The van der Waals surface area contributed by atoms with Crippen LogP contribution in [0.2, 0.25) is 0 Å². The van der Waals surface area contributed by atoms with Gasteiger partial charge in [-0.3, -0.25) is 9.59 Å². The monoisotopic (exact) mass is 131 g/mol. The molecule has 0 heterocycles. The minimum atomic E-state index is -2.47. The van der Waals surface area contributed by atoms with E-state index in [0.717, 1.165) is 0 Å². The summed E-state index contributed by atoms with van der Waals surface area (Å²) in [6.45, 7) is 2.78. The maximum absolute atomic E-state index is 10.1. The van der Waals surface area contributed by atoms with Crippen molar-refractivity contribution in [1.29, 1.82) is 0 Å². The molecular weight excluding hydrogens is 124 g/mol. The smallest absolute Gasteiger partial charge is 0.259 e. The van der Waals surface area contributed by atoms with E-state index in [4.69, 9.17) is 5.11 Å². The van der Waals surface area contributed by atoms with Crippen LogP contribution in [0.1, 0.15) is 0 Å². The van der Waals surface area contributed by atoms with E-state index in [9.17, 15) is 9.59 Å². The van der Waals surface area contributed by atoms with Gasteiger partial charge in [0.25, 0.3) is 11.8 Å². The number of nitrogens with two attached hydrogens (primary N) is 2. The van der Waals surface area contributed by atoms with Crippen molar-refractivity contribution >= 4 is 11.8 Å². The summed E-state index contributed by atoms with van der Waals surface area (Å²) in [4.78, 5) is 20.1. The highest BCUT2D eigenvalue weighted by Gasteiger charge is 2.34. The second-order valence-electron chi connectivity index (χ2n) is 1.59. The number of hydrogen-bond acceptors (Lipinski definition) is 3. The lowest BCUT2D eigenvalue weighted by Gasteiger charge is -2.12. The topological polar surface area (TPSA) is 106 Å². The first-order chi connectivity index (χ1) is 3.89. The Kier molecular flexibility index (Phi) is 1.77. The molecule has 0 unspecified atom stereocenters. The first-order valence-electron chi connectivity index (χ1n) is 2.06. The van der Waals surface area contributed by atoms with Gasteiger partial charge in [-0.05, 0) is 6.92 Å². The van der Waals surface area contributed by atoms with Gasteiger partial charge >= 0.3 is 0 Å². The van der Waals surface area contributed by atoms with E-state index < -0.39 is 17.4 Å². The highest BCUT2D eigenvalue weighted by Crippen LogP contribution is 1.97. The SMILES string of the molecule is [CH2]C(O)(C(N)=O)C(N)=O. The van der Waals surface area contributed by atoms with Crippen LogP contribution in [0, 0.1) is 6.92 Å².